The molecule has 1 atom stereocenters. The molecule has 0 saturated carbocycles. The molecule has 1 spiro atoms. The van der Waals surface area contributed by atoms with Gasteiger partial charge in [0, 0.05) is 23.8 Å². The summed E-state index contributed by atoms with van der Waals surface area (Å²) < 4.78 is 0. The molecular weight excluding hydrogens is 295 g/mol. The summed E-state index contributed by atoms with van der Waals surface area (Å²) in [6, 6.07) is 7.61. The number of anilines is 1. The van der Waals surface area contributed by atoms with Crippen molar-refractivity contribution in [2.24, 2.45) is 5.41 Å². The van der Waals surface area contributed by atoms with Gasteiger partial charge in [-0.25, -0.2) is 0 Å². The average Bonchev–Trinajstić information content (AvgIpc) is 2.43. The second kappa shape index (κ2) is 6.33. The van der Waals surface area contributed by atoms with E-state index in [2.05, 4.69) is 5.32 Å². The van der Waals surface area contributed by atoms with Crippen molar-refractivity contribution in [2.45, 2.75) is 25.7 Å². The van der Waals surface area contributed by atoms with Gasteiger partial charge in [-0.15, -0.1) is 12.4 Å². The Kier molecular flexibility index (Phi) is 4.95. The van der Waals surface area contributed by atoms with Crippen molar-refractivity contribution in [3.63, 3.8) is 0 Å². The lowest BCUT2D eigenvalue weighted by molar-refractivity contribution is -0.131. The Balaban J connectivity index is 0.00000147. The molecule has 0 aliphatic carbocycles. The third-order valence-electron chi connectivity index (χ3n) is 4.33. The van der Waals surface area contributed by atoms with Crippen molar-refractivity contribution >= 4 is 35.6 Å². The summed E-state index contributed by atoms with van der Waals surface area (Å²) in [5.41, 5.74) is 0.751. The van der Waals surface area contributed by atoms with Crippen LogP contribution in [0.4, 0.5) is 5.69 Å². The maximum absolute atomic E-state index is 12.9. The zero-order chi connectivity index (χ0) is 13.3. The number of nitrogens with zero attached hydrogens (tertiary/aromatic N) is 1. The third-order valence-corrected chi connectivity index (χ3v) is 4.56. The maximum atomic E-state index is 12.9. The van der Waals surface area contributed by atoms with Crippen LogP contribution in [0.1, 0.15) is 25.7 Å². The Morgan fingerprint density at radius 3 is 2.75 bits per heavy atom. The molecule has 20 heavy (non-hydrogen) atoms. The lowest BCUT2D eigenvalue weighted by Crippen LogP contribution is -2.55. The van der Waals surface area contributed by atoms with E-state index in [1.165, 1.54) is 0 Å². The molecule has 2 aliphatic rings. The van der Waals surface area contributed by atoms with Crippen LogP contribution in [0.2, 0.25) is 5.02 Å². The van der Waals surface area contributed by atoms with Crippen molar-refractivity contribution in [1.82, 2.24) is 5.32 Å². The Labute approximate surface area is 131 Å². The minimum atomic E-state index is -0.182. The number of benzene rings is 1. The fourth-order valence-corrected chi connectivity index (χ4v) is 3.51. The van der Waals surface area contributed by atoms with E-state index in [4.69, 9.17) is 11.6 Å². The summed E-state index contributed by atoms with van der Waals surface area (Å²) >= 11 is 6.04. The molecule has 3 nitrogen and oxygen atoms in total. The van der Waals surface area contributed by atoms with E-state index in [-0.39, 0.29) is 23.7 Å². The first-order chi connectivity index (χ1) is 9.21. The van der Waals surface area contributed by atoms with Gasteiger partial charge in [-0.1, -0.05) is 17.7 Å². The predicted molar refractivity (Wildman–Crippen MR) is 84.8 cm³/mol. The molecule has 2 heterocycles. The molecule has 1 unspecified atom stereocenters. The lowest BCUT2D eigenvalue weighted by Gasteiger charge is -2.44. The number of hydrogen-bond donors (Lipinski definition) is 1. The molecule has 0 radical (unpaired) electrons. The van der Waals surface area contributed by atoms with Gasteiger partial charge in [0.05, 0.1) is 5.41 Å². The van der Waals surface area contributed by atoms with E-state index in [0.717, 1.165) is 51.0 Å². The van der Waals surface area contributed by atoms with Gasteiger partial charge in [-0.2, -0.15) is 0 Å². The summed E-state index contributed by atoms with van der Waals surface area (Å²) in [6.45, 7) is 2.66. The highest BCUT2D eigenvalue weighted by atomic mass is 35.5. The highest BCUT2D eigenvalue weighted by molar-refractivity contribution is 6.30. The van der Waals surface area contributed by atoms with Crippen LogP contribution >= 0.6 is 24.0 Å². The van der Waals surface area contributed by atoms with Gasteiger partial charge in [0.15, 0.2) is 0 Å². The van der Waals surface area contributed by atoms with Gasteiger partial charge in [-0.3, -0.25) is 4.79 Å². The van der Waals surface area contributed by atoms with Crippen molar-refractivity contribution in [2.75, 3.05) is 24.5 Å². The van der Waals surface area contributed by atoms with E-state index < -0.39 is 0 Å². The van der Waals surface area contributed by atoms with Crippen LogP contribution in [0.15, 0.2) is 24.3 Å². The van der Waals surface area contributed by atoms with Gasteiger partial charge in [0.25, 0.3) is 0 Å². The van der Waals surface area contributed by atoms with Crippen molar-refractivity contribution in [3.05, 3.63) is 29.3 Å². The zero-order valence-corrected chi connectivity index (χ0v) is 13.0. The Hall–Kier alpha value is -0.770. The molecule has 5 heteroatoms. The van der Waals surface area contributed by atoms with Crippen LogP contribution in [0.5, 0.6) is 0 Å². The second-order valence-corrected chi connectivity index (χ2v) is 6.04. The van der Waals surface area contributed by atoms with Crippen molar-refractivity contribution in [1.29, 1.82) is 0 Å². The third kappa shape index (κ3) is 2.80. The van der Waals surface area contributed by atoms with E-state index in [1.807, 2.05) is 29.2 Å². The van der Waals surface area contributed by atoms with Gasteiger partial charge in [0.1, 0.15) is 0 Å². The number of nitrogens with one attached hydrogen (secondary N) is 1. The molecule has 3 rings (SSSR count). The van der Waals surface area contributed by atoms with Gasteiger partial charge >= 0.3 is 0 Å². The van der Waals surface area contributed by atoms with E-state index in [9.17, 15) is 4.79 Å². The maximum Gasteiger partial charge on any atom is 0.234 e. The zero-order valence-electron chi connectivity index (χ0n) is 11.4. The first-order valence-electron chi connectivity index (χ1n) is 7.00. The van der Waals surface area contributed by atoms with Crippen LogP contribution in [0.3, 0.4) is 0 Å². The molecule has 2 aliphatic heterocycles. The molecule has 1 aromatic carbocycles. The quantitative estimate of drug-likeness (QED) is 0.863. The molecule has 110 valence electrons. The molecular formula is C15H20Cl2N2O. The molecule has 1 N–H and O–H groups in total. The molecule has 2 saturated heterocycles. The molecule has 0 bridgehead atoms. The standard InChI is InChI=1S/C15H19ClN2O.ClH/c16-12-4-1-5-13(10-12)18-9-3-7-15(14(18)19)6-2-8-17-11-15;/h1,4-5,10,17H,2-3,6-9,11H2;1H. The number of rotatable bonds is 1. The highest BCUT2D eigenvalue weighted by Gasteiger charge is 2.44. The number of halogens is 2. The van der Waals surface area contributed by atoms with Gasteiger partial charge in [0.2, 0.25) is 5.91 Å². The molecule has 2 fully saturated rings. The van der Waals surface area contributed by atoms with Crippen molar-refractivity contribution < 1.29 is 4.79 Å². The second-order valence-electron chi connectivity index (χ2n) is 5.60. The predicted octanol–water partition coefficient (Wildman–Crippen LogP) is 3.26. The summed E-state index contributed by atoms with van der Waals surface area (Å²) in [6.07, 6.45) is 4.18. The van der Waals surface area contributed by atoms with E-state index >= 15 is 0 Å². The molecule has 1 amide bonds. The first-order valence-corrected chi connectivity index (χ1v) is 7.37. The van der Waals surface area contributed by atoms with Crippen LogP contribution in [0.25, 0.3) is 0 Å². The molecule has 1 aromatic rings. The summed E-state index contributed by atoms with van der Waals surface area (Å²) in [5, 5.41) is 4.07. The minimum absolute atomic E-state index is 0. The minimum Gasteiger partial charge on any atom is -0.316 e. The van der Waals surface area contributed by atoms with Crippen LogP contribution in [-0.2, 0) is 4.79 Å². The summed E-state index contributed by atoms with van der Waals surface area (Å²) in [7, 11) is 0. The highest BCUT2D eigenvalue weighted by Crippen LogP contribution is 2.39. The smallest absolute Gasteiger partial charge is 0.234 e. The normalized spacial score (nSPS) is 26.4. The largest absolute Gasteiger partial charge is 0.316 e. The number of carbonyl (C=O) groups excluding carboxylic acids is 1. The molecule has 0 aromatic heterocycles. The fraction of sp³-hybridized carbons (Fsp3) is 0.533. The van der Waals surface area contributed by atoms with Gasteiger partial charge < -0.3 is 10.2 Å². The monoisotopic (exact) mass is 314 g/mol. The first kappa shape index (κ1) is 15.6. The lowest BCUT2D eigenvalue weighted by atomic mass is 9.73. The van der Waals surface area contributed by atoms with Crippen LogP contribution in [-0.4, -0.2) is 25.5 Å². The van der Waals surface area contributed by atoms with Crippen LogP contribution in [0, 0.1) is 5.41 Å². The number of amides is 1. The number of carbonyl (C=O) groups is 1. The number of hydrogen-bond acceptors (Lipinski definition) is 2. The Morgan fingerprint density at radius 2 is 2.05 bits per heavy atom. The Morgan fingerprint density at radius 1 is 1.25 bits per heavy atom. The van der Waals surface area contributed by atoms with E-state index in [1.54, 1.807) is 0 Å². The van der Waals surface area contributed by atoms with Gasteiger partial charge in [-0.05, 0) is 50.4 Å². The topological polar surface area (TPSA) is 32.3 Å². The number of piperidine rings is 2. The summed E-state index contributed by atoms with van der Waals surface area (Å²) in [5.74, 6) is 0.271. The Bertz CT molecular complexity index is 481. The fourth-order valence-electron chi connectivity index (χ4n) is 3.32. The van der Waals surface area contributed by atoms with Crippen molar-refractivity contribution in [3.8, 4) is 0 Å². The average molecular weight is 315 g/mol. The van der Waals surface area contributed by atoms with E-state index in [0.29, 0.717) is 5.02 Å². The SMILES string of the molecule is Cl.O=C1N(c2cccc(Cl)c2)CCCC12CCCNC2. The van der Waals surface area contributed by atoms with Crippen LogP contribution < -0.4 is 10.2 Å². The summed E-state index contributed by atoms with van der Waals surface area (Å²) in [4.78, 5) is 14.8.